The second kappa shape index (κ2) is 14.1. The summed E-state index contributed by atoms with van der Waals surface area (Å²) in [6.45, 7) is 5.95. The molecule has 4 aromatic carbocycles. The van der Waals surface area contributed by atoms with Gasteiger partial charge in [-0.3, -0.25) is 9.59 Å². The fraction of sp³-hybridized carbons (Fsp3) is 0.286. The molecular weight excluding hydrogens is 574 g/mol. The third-order valence-electron chi connectivity index (χ3n) is 7.13. The number of benzene rings is 4. The molecule has 10 heteroatoms. The number of aryl methyl sites for hydroxylation is 1. The number of nitrogens with zero attached hydrogens (tertiary/aromatic N) is 1. The van der Waals surface area contributed by atoms with Gasteiger partial charge in [0.25, 0.3) is 5.91 Å². The zero-order valence-electron chi connectivity index (χ0n) is 25.8. The Balaban J connectivity index is 1.76. The number of amides is 3. The molecule has 0 saturated carbocycles. The molecule has 0 aromatic heterocycles. The highest BCUT2D eigenvalue weighted by atomic mass is 16.6. The second-order valence-corrected chi connectivity index (χ2v) is 11.8. The fourth-order valence-corrected chi connectivity index (χ4v) is 5.02. The summed E-state index contributed by atoms with van der Waals surface area (Å²) in [5, 5.41) is 38.3. The molecule has 5 N–H and O–H groups in total. The monoisotopic (exact) mass is 613 g/mol. The van der Waals surface area contributed by atoms with Crippen molar-refractivity contribution in [3.8, 4) is 11.5 Å². The summed E-state index contributed by atoms with van der Waals surface area (Å²) in [6.07, 6.45) is -0.863. The molecule has 0 aliphatic carbocycles. The number of carbonyl (C=O) groups excluding carboxylic acids is 3. The van der Waals surface area contributed by atoms with Crippen LogP contribution in [0.25, 0.3) is 10.8 Å². The summed E-state index contributed by atoms with van der Waals surface area (Å²) in [6, 6.07) is 21.4. The molecule has 0 saturated heterocycles. The lowest BCUT2D eigenvalue weighted by Crippen LogP contribution is -2.53. The summed E-state index contributed by atoms with van der Waals surface area (Å²) in [5.74, 6) is -1.47. The van der Waals surface area contributed by atoms with E-state index in [1.54, 1.807) is 70.2 Å². The van der Waals surface area contributed by atoms with E-state index in [9.17, 15) is 29.7 Å². The van der Waals surface area contributed by atoms with Gasteiger partial charge in [-0.15, -0.1) is 0 Å². The normalized spacial score (nSPS) is 12.6. The first-order valence-corrected chi connectivity index (χ1v) is 14.6. The van der Waals surface area contributed by atoms with Gasteiger partial charge in [-0.2, -0.15) is 0 Å². The molecule has 0 aliphatic rings. The van der Waals surface area contributed by atoms with Gasteiger partial charge in [-0.1, -0.05) is 60.7 Å². The number of fused-ring (bicyclic) bond motifs is 1. The Morgan fingerprint density at radius 1 is 0.889 bits per heavy atom. The Morgan fingerprint density at radius 2 is 1.58 bits per heavy atom. The number of phenolic OH excluding ortho intramolecular Hbond substituents is 2. The average Bonchev–Trinajstić information content (AvgIpc) is 2.98. The predicted octanol–water partition coefficient (Wildman–Crippen LogP) is 5.20. The van der Waals surface area contributed by atoms with E-state index in [1.165, 1.54) is 12.1 Å². The fourth-order valence-electron chi connectivity index (χ4n) is 5.02. The van der Waals surface area contributed by atoms with E-state index in [1.807, 2.05) is 30.3 Å². The smallest absolute Gasteiger partial charge is 0.408 e. The molecule has 0 fully saturated rings. The number of carbonyl (C=O) groups is 3. The van der Waals surface area contributed by atoms with Crippen LogP contribution in [0.15, 0.2) is 84.9 Å². The maximum Gasteiger partial charge on any atom is 0.408 e. The van der Waals surface area contributed by atoms with Crippen molar-refractivity contribution in [2.24, 2.45) is 0 Å². The van der Waals surface area contributed by atoms with Gasteiger partial charge in [0.2, 0.25) is 5.91 Å². The Hall–Kier alpha value is -5.09. The third-order valence-corrected chi connectivity index (χ3v) is 7.13. The molecule has 2 unspecified atom stereocenters. The number of hydrogen-bond donors (Lipinski definition) is 5. The van der Waals surface area contributed by atoms with E-state index in [4.69, 9.17) is 4.74 Å². The molecule has 4 rings (SSSR count). The van der Waals surface area contributed by atoms with Crippen LogP contribution in [0.4, 0.5) is 10.5 Å². The number of alkyl carbamates (subject to hydrolysis) is 1. The minimum atomic E-state index is -1.39. The van der Waals surface area contributed by atoms with Crippen LogP contribution in [-0.4, -0.2) is 62.9 Å². The Labute approximate surface area is 262 Å². The van der Waals surface area contributed by atoms with Gasteiger partial charge in [0.15, 0.2) is 0 Å². The number of aliphatic hydroxyl groups is 1. The van der Waals surface area contributed by atoms with Gasteiger partial charge in [0.05, 0.1) is 6.61 Å². The van der Waals surface area contributed by atoms with Crippen LogP contribution in [-0.2, 0) is 20.7 Å². The lowest BCUT2D eigenvalue weighted by atomic mass is 9.98. The van der Waals surface area contributed by atoms with Gasteiger partial charge in [0.1, 0.15) is 29.2 Å². The molecule has 0 aliphatic heterocycles. The van der Waals surface area contributed by atoms with Gasteiger partial charge in [-0.05, 0) is 73.9 Å². The molecule has 0 spiro atoms. The van der Waals surface area contributed by atoms with Crippen LogP contribution >= 0.6 is 0 Å². The third kappa shape index (κ3) is 8.51. The molecule has 2 atom stereocenters. The first-order valence-electron chi connectivity index (χ1n) is 14.6. The summed E-state index contributed by atoms with van der Waals surface area (Å²) >= 11 is 0. The largest absolute Gasteiger partial charge is 0.508 e. The van der Waals surface area contributed by atoms with E-state index >= 15 is 0 Å². The number of anilines is 1. The van der Waals surface area contributed by atoms with Gasteiger partial charge in [0, 0.05) is 24.2 Å². The number of para-hydroxylation sites is 1. The average molecular weight is 614 g/mol. The molecular formula is C35H39N3O7. The van der Waals surface area contributed by atoms with Crippen molar-refractivity contribution in [2.45, 2.75) is 51.8 Å². The first kappa shape index (κ1) is 32.8. The highest BCUT2D eigenvalue weighted by Gasteiger charge is 2.37. The van der Waals surface area contributed by atoms with Crippen LogP contribution < -0.4 is 10.6 Å². The molecule has 0 heterocycles. The number of ether oxygens (including phenoxy) is 1. The van der Waals surface area contributed by atoms with Crippen molar-refractivity contribution in [2.75, 3.05) is 18.5 Å². The molecule has 3 amide bonds. The number of aromatic hydroxyl groups is 2. The summed E-state index contributed by atoms with van der Waals surface area (Å²) in [5.41, 5.74) is 0.869. The standard InChI is InChI=1S/C35H39N3O7/c1-22-8-7-11-28(31(22)41)30(32(42)36-26-15-14-24-9-5-6-10-25(24)21-26)38(18-19-39)33(43)29(37-34(44)45-35(2,3)4)20-23-12-16-27(40)17-13-23/h5-17,21,29-30,39-41H,18-20H2,1-4H3,(H,36,42)(H,37,44). The topological polar surface area (TPSA) is 148 Å². The van der Waals surface area contributed by atoms with E-state index < -0.39 is 42.2 Å². The van der Waals surface area contributed by atoms with Crippen LogP contribution in [0.1, 0.15) is 43.5 Å². The Bertz CT molecular complexity index is 1660. The number of rotatable bonds is 10. The summed E-state index contributed by atoms with van der Waals surface area (Å²) in [4.78, 5) is 42.6. The zero-order valence-corrected chi connectivity index (χ0v) is 25.8. The lowest BCUT2D eigenvalue weighted by Gasteiger charge is -2.34. The van der Waals surface area contributed by atoms with Crippen molar-refractivity contribution >= 4 is 34.4 Å². The van der Waals surface area contributed by atoms with E-state index in [-0.39, 0.29) is 30.0 Å². The molecule has 0 bridgehead atoms. The highest BCUT2D eigenvalue weighted by Crippen LogP contribution is 2.33. The van der Waals surface area contributed by atoms with E-state index in [2.05, 4.69) is 10.6 Å². The minimum absolute atomic E-state index is 0.0148. The van der Waals surface area contributed by atoms with Crippen LogP contribution in [0, 0.1) is 6.92 Å². The van der Waals surface area contributed by atoms with Crippen molar-refractivity contribution < 1.29 is 34.4 Å². The van der Waals surface area contributed by atoms with Crippen LogP contribution in [0.5, 0.6) is 11.5 Å². The molecule has 0 radical (unpaired) electrons. The van der Waals surface area contributed by atoms with E-state index in [0.717, 1.165) is 15.7 Å². The first-order chi connectivity index (χ1) is 21.4. The van der Waals surface area contributed by atoms with Gasteiger partial charge < -0.3 is 35.6 Å². The maximum absolute atomic E-state index is 14.4. The Kier molecular flexibility index (Phi) is 10.3. The van der Waals surface area contributed by atoms with Crippen LogP contribution in [0.2, 0.25) is 0 Å². The molecule has 10 nitrogen and oxygen atoms in total. The van der Waals surface area contributed by atoms with Crippen LogP contribution in [0.3, 0.4) is 0 Å². The minimum Gasteiger partial charge on any atom is -0.508 e. The number of hydrogen-bond acceptors (Lipinski definition) is 7. The van der Waals surface area contributed by atoms with E-state index in [0.29, 0.717) is 16.8 Å². The van der Waals surface area contributed by atoms with Crippen molar-refractivity contribution in [3.05, 3.63) is 102 Å². The Morgan fingerprint density at radius 3 is 2.24 bits per heavy atom. The van der Waals surface area contributed by atoms with Gasteiger partial charge in [-0.25, -0.2) is 4.79 Å². The van der Waals surface area contributed by atoms with Crippen molar-refractivity contribution in [1.29, 1.82) is 0 Å². The quantitative estimate of drug-likeness (QED) is 0.165. The number of phenols is 2. The lowest BCUT2D eigenvalue weighted by molar-refractivity contribution is -0.141. The molecule has 236 valence electrons. The van der Waals surface area contributed by atoms with Gasteiger partial charge >= 0.3 is 6.09 Å². The SMILES string of the molecule is Cc1cccc(C(C(=O)Nc2ccc3ccccc3c2)N(CCO)C(=O)C(Cc2ccc(O)cc2)NC(=O)OC(C)(C)C)c1O. The second-order valence-electron chi connectivity index (χ2n) is 11.8. The zero-order chi connectivity index (χ0) is 32.7. The van der Waals surface area contributed by atoms with Crippen molar-refractivity contribution in [3.63, 3.8) is 0 Å². The number of nitrogens with one attached hydrogen (secondary N) is 2. The summed E-state index contributed by atoms with van der Waals surface area (Å²) < 4.78 is 5.43. The number of aliphatic hydroxyl groups excluding tert-OH is 1. The predicted molar refractivity (Wildman–Crippen MR) is 172 cm³/mol. The van der Waals surface area contributed by atoms with Crippen molar-refractivity contribution in [1.82, 2.24) is 10.2 Å². The summed E-state index contributed by atoms with van der Waals surface area (Å²) in [7, 11) is 0. The molecule has 4 aromatic rings. The highest BCUT2D eigenvalue weighted by molar-refractivity contribution is 6.01. The molecule has 45 heavy (non-hydrogen) atoms. The maximum atomic E-state index is 14.4.